The van der Waals surface area contributed by atoms with Gasteiger partial charge in [-0.25, -0.2) is 4.79 Å². The molecular weight excluding hydrogens is 298 g/mol. The van der Waals surface area contributed by atoms with E-state index in [9.17, 15) is 4.79 Å². The van der Waals surface area contributed by atoms with Crippen molar-refractivity contribution in [3.8, 4) is 0 Å². The fourth-order valence-corrected chi connectivity index (χ4v) is 1.90. The molecule has 7 heteroatoms. The number of ether oxygens (including phenoxy) is 1. The summed E-state index contributed by atoms with van der Waals surface area (Å²) < 4.78 is 5.05. The first kappa shape index (κ1) is 15.3. The van der Waals surface area contributed by atoms with E-state index >= 15 is 0 Å². The van der Waals surface area contributed by atoms with Crippen molar-refractivity contribution in [2.75, 3.05) is 12.3 Å². The summed E-state index contributed by atoms with van der Waals surface area (Å²) in [5, 5.41) is 0.160. The number of carbonyl (C=O) groups is 1. The summed E-state index contributed by atoms with van der Waals surface area (Å²) >= 11 is 17.5. The van der Waals surface area contributed by atoms with Crippen molar-refractivity contribution >= 4 is 46.5 Å². The van der Waals surface area contributed by atoms with Gasteiger partial charge in [0.05, 0.1) is 12.3 Å². The highest BCUT2D eigenvalue weighted by molar-refractivity contribution is 6.45. The number of halogens is 3. The van der Waals surface area contributed by atoms with Gasteiger partial charge in [0.1, 0.15) is 10.0 Å². The zero-order valence-electron chi connectivity index (χ0n) is 9.86. The van der Waals surface area contributed by atoms with Gasteiger partial charge in [-0.15, -0.1) is 0 Å². The van der Waals surface area contributed by atoms with Crippen molar-refractivity contribution in [2.24, 2.45) is 0 Å². The molecule has 0 aromatic carbocycles. The number of carbonyl (C=O) groups excluding carboxylic acids is 1. The monoisotopic (exact) mass is 311 g/mol. The van der Waals surface area contributed by atoms with Crippen molar-refractivity contribution in [2.45, 2.75) is 26.2 Å². The lowest BCUT2D eigenvalue weighted by Gasteiger charge is -2.04. The highest BCUT2D eigenvalue weighted by Gasteiger charge is 2.27. The van der Waals surface area contributed by atoms with E-state index in [0.29, 0.717) is 6.61 Å². The number of H-pyrrole nitrogens is 1. The second-order valence-electron chi connectivity index (χ2n) is 3.70. The Bertz CT molecular complexity index is 452. The minimum atomic E-state index is -0.596. The van der Waals surface area contributed by atoms with Crippen molar-refractivity contribution in [1.29, 1.82) is 0 Å². The standard InChI is InChI=1S/C11H13Cl3N2O2/c1-2-3-4-5-18-11(17)9-6(12)8(15)7(13)10(14)16-9/h2-5H2,1H3,(H2,15,16)/p+1. The molecule has 3 N–H and O–H groups in total. The predicted molar refractivity (Wildman–Crippen MR) is 72.2 cm³/mol. The van der Waals surface area contributed by atoms with Gasteiger partial charge < -0.3 is 10.5 Å². The summed E-state index contributed by atoms with van der Waals surface area (Å²) in [5.74, 6) is -0.596. The van der Waals surface area contributed by atoms with Crippen molar-refractivity contribution in [3.05, 3.63) is 20.9 Å². The number of aromatic nitrogens is 1. The van der Waals surface area contributed by atoms with Crippen LogP contribution in [0.3, 0.4) is 0 Å². The largest absolute Gasteiger partial charge is 0.458 e. The van der Waals surface area contributed by atoms with E-state index < -0.39 is 5.97 Å². The minimum absolute atomic E-state index is 0.0139. The molecule has 1 aromatic rings. The summed E-state index contributed by atoms with van der Waals surface area (Å²) in [7, 11) is 0. The Morgan fingerprint density at radius 2 is 1.94 bits per heavy atom. The van der Waals surface area contributed by atoms with Crippen LogP contribution >= 0.6 is 34.8 Å². The molecule has 0 atom stereocenters. The highest BCUT2D eigenvalue weighted by atomic mass is 35.5. The molecule has 100 valence electrons. The number of unbranched alkanes of at least 4 members (excludes halogenated alkanes) is 2. The van der Waals surface area contributed by atoms with Gasteiger partial charge >= 0.3 is 11.7 Å². The maximum atomic E-state index is 11.7. The molecule has 1 heterocycles. The Labute approximate surface area is 120 Å². The number of nitrogens with two attached hydrogens (primary N) is 1. The number of rotatable bonds is 5. The Kier molecular flexibility index (Phi) is 5.99. The van der Waals surface area contributed by atoms with Crippen LogP contribution in [0.1, 0.15) is 36.7 Å². The molecule has 1 aromatic heterocycles. The number of hydrogen-bond donors (Lipinski definition) is 1. The molecule has 0 bridgehead atoms. The maximum absolute atomic E-state index is 11.7. The number of aromatic amines is 1. The van der Waals surface area contributed by atoms with Gasteiger partial charge in [0, 0.05) is 0 Å². The van der Waals surface area contributed by atoms with Crippen molar-refractivity contribution in [1.82, 2.24) is 0 Å². The van der Waals surface area contributed by atoms with Crippen LogP contribution in [-0.2, 0) is 4.74 Å². The summed E-state index contributed by atoms with van der Waals surface area (Å²) in [6.07, 6.45) is 2.84. The van der Waals surface area contributed by atoms with Gasteiger partial charge in [-0.3, -0.25) is 0 Å². The van der Waals surface area contributed by atoms with Gasteiger partial charge in [-0.05, 0) is 18.0 Å². The Hall–Kier alpha value is -0.710. The minimum Gasteiger partial charge on any atom is -0.458 e. The van der Waals surface area contributed by atoms with E-state index in [1.807, 2.05) is 0 Å². The molecule has 0 unspecified atom stereocenters. The number of anilines is 1. The zero-order chi connectivity index (χ0) is 13.7. The fourth-order valence-electron chi connectivity index (χ4n) is 1.30. The first-order valence-electron chi connectivity index (χ1n) is 5.51. The molecule has 0 spiro atoms. The molecule has 0 saturated carbocycles. The van der Waals surface area contributed by atoms with E-state index in [0.717, 1.165) is 19.3 Å². The number of esters is 1. The van der Waals surface area contributed by atoms with Crippen LogP contribution in [-0.4, -0.2) is 12.6 Å². The second kappa shape index (κ2) is 7.02. The molecule has 0 aliphatic rings. The fraction of sp³-hybridized carbons (Fsp3) is 0.455. The summed E-state index contributed by atoms with van der Waals surface area (Å²) in [6.45, 7) is 2.39. The first-order valence-corrected chi connectivity index (χ1v) is 6.64. The Morgan fingerprint density at radius 3 is 2.56 bits per heavy atom. The van der Waals surface area contributed by atoms with Crippen LogP contribution in [0.2, 0.25) is 15.2 Å². The number of hydrogen-bond acceptors (Lipinski definition) is 3. The van der Waals surface area contributed by atoms with Gasteiger partial charge in [-0.1, -0.05) is 43.0 Å². The molecule has 0 fully saturated rings. The average Bonchev–Trinajstić information content (AvgIpc) is 2.36. The maximum Gasteiger partial charge on any atom is 0.405 e. The molecule has 0 amide bonds. The number of pyridine rings is 1. The Balaban J connectivity index is 2.80. The quantitative estimate of drug-likeness (QED) is 0.515. The summed E-state index contributed by atoms with van der Waals surface area (Å²) in [4.78, 5) is 14.3. The summed E-state index contributed by atoms with van der Waals surface area (Å²) in [6, 6.07) is 0. The normalized spacial score (nSPS) is 10.4. The third-order valence-electron chi connectivity index (χ3n) is 2.31. The lowest BCUT2D eigenvalue weighted by atomic mass is 10.3. The summed E-state index contributed by atoms with van der Waals surface area (Å²) in [5.41, 5.74) is 5.69. The number of nitrogen functional groups attached to an aromatic ring is 1. The van der Waals surface area contributed by atoms with Crippen LogP contribution in [0.25, 0.3) is 0 Å². The molecule has 0 aliphatic heterocycles. The molecule has 1 rings (SSSR count). The van der Waals surface area contributed by atoms with Gasteiger partial charge in [0.25, 0.3) is 5.15 Å². The van der Waals surface area contributed by atoms with E-state index in [1.54, 1.807) is 0 Å². The molecule has 0 saturated heterocycles. The third-order valence-corrected chi connectivity index (χ3v) is 3.47. The lowest BCUT2D eigenvalue weighted by Crippen LogP contribution is -2.22. The van der Waals surface area contributed by atoms with E-state index in [4.69, 9.17) is 45.3 Å². The van der Waals surface area contributed by atoms with Crippen LogP contribution in [0.4, 0.5) is 5.69 Å². The van der Waals surface area contributed by atoms with Crippen LogP contribution in [0, 0.1) is 0 Å². The molecule has 18 heavy (non-hydrogen) atoms. The lowest BCUT2D eigenvalue weighted by molar-refractivity contribution is -0.380. The molecule has 0 radical (unpaired) electrons. The SMILES string of the molecule is CCCCCOC(=O)c1[nH+]c(Cl)c(Cl)c(N)c1Cl. The highest BCUT2D eigenvalue weighted by Crippen LogP contribution is 2.32. The smallest absolute Gasteiger partial charge is 0.405 e. The number of nitrogens with one attached hydrogen (secondary N) is 1. The topological polar surface area (TPSA) is 66.5 Å². The van der Waals surface area contributed by atoms with E-state index in [2.05, 4.69) is 11.9 Å². The first-order chi connectivity index (χ1) is 8.49. The van der Waals surface area contributed by atoms with Crippen LogP contribution < -0.4 is 10.7 Å². The van der Waals surface area contributed by atoms with Crippen LogP contribution in [0.5, 0.6) is 0 Å². The van der Waals surface area contributed by atoms with E-state index in [-0.39, 0.29) is 26.6 Å². The van der Waals surface area contributed by atoms with Crippen molar-refractivity contribution < 1.29 is 14.5 Å². The van der Waals surface area contributed by atoms with Crippen molar-refractivity contribution in [3.63, 3.8) is 0 Å². The average molecular weight is 313 g/mol. The molecular formula is C11H14Cl3N2O2+. The van der Waals surface area contributed by atoms with E-state index in [1.165, 1.54) is 0 Å². The van der Waals surface area contributed by atoms with Crippen LogP contribution in [0.15, 0.2) is 0 Å². The molecule has 0 aliphatic carbocycles. The zero-order valence-corrected chi connectivity index (χ0v) is 12.1. The Morgan fingerprint density at radius 1 is 1.28 bits per heavy atom. The third kappa shape index (κ3) is 3.64. The molecule has 4 nitrogen and oxygen atoms in total. The second-order valence-corrected chi connectivity index (χ2v) is 4.83. The van der Waals surface area contributed by atoms with Gasteiger partial charge in [0.2, 0.25) is 0 Å². The van der Waals surface area contributed by atoms with Gasteiger partial charge in [0.15, 0.2) is 0 Å². The predicted octanol–water partition coefficient (Wildman–Crippen LogP) is 3.39. The van der Waals surface area contributed by atoms with Gasteiger partial charge in [-0.2, -0.15) is 4.98 Å².